The zero-order chi connectivity index (χ0) is 22.1. The van der Waals surface area contributed by atoms with Crippen LogP contribution in [0.25, 0.3) is 22.2 Å². The van der Waals surface area contributed by atoms with Crippen LogP contribution in [-0.4, -0.2) is 15.9 Å². The number of ether oxygens (including phenoxy) is 1. The molecule has 156 valence electrons. The molecule has 1 aromatic heterocycles. The van der Waals surface area contributed by atoms with Gasteiger partial charge in [-0.3, -0.25) is 9.59 Å². The van der Waals surface area contributed by atoms with Crippen molar-refractivity contribution in [2.75, 3.05) is 5.32 Å². The number of benzene rings is 3. The largest absolute Gasteiger partial charge is 0.454 e. The van der Waals surface area contributed by atoms with Crippen molar-refractivity contribution >= 4 is 22.6 Å². The molecule has 31 heavy (non-hydrogen) atoms. The van der Waals surface area contributed by atoms with Gasteiger partial charge in [0.1, 0.15) is 17.3 Å². The quantitative estimate of drug-likeness (QED) is 0.490. The van der Waals surface area contributed by atoms with Crippen LogP contribution in [0.5, 0.6) is 11.5 Å². The SMILES string of the molecule is CC(=O)Nc1ccc(Oc2ccc(F)cc2F)c(-c2ccc3[nH]c(=O)c(C)nc3c2)c1. The molecule has 0 unspecified atom stereocenters. The first kappa shape index (κ1) is 20.2. The van der Waals surface area contributed by atoms with E-state index in [4.69, 9.17) is 4.74 Å². The van der Waals surface area contributed by atoms with Crippen LogP contribution in [-0.2, 0) is 4.79 Å². The standard InChI is InChI=1S/C23H17F2N3O3/c1-12-23(30)28-19-6-3-14(9-20(19)26-12)17-11-16(27-13(2)29)5-8-21(17)31-22-7-4-15(24)10-18(22)25/h3-11H,1-2H3,(H,27,29)(H,28,30). The Kier molecular flexibility index (Phi) is 5.21. The molecule has 1 amide bonds. The molecule has 2 N–H and O–H groups in total. The van der Waals surface area contributed by atoms with Gasteiger partial charge in [0.05, 0.1) is 11.0 Å². The number of nitrogens with one attached hydrogen (secondary N) is 2. The molecule has 0 atom stereocenters. The molecule has 0 saturated heterocycles. The van der Waals surface area contributed by atoms with Gasteiger partial charge in [0, 0.05) is 24.2 Å². The van der Waals surface area contributed by atoms with Gasteiger partial charge in [-0.1, -0.05) is 6.07 Å². The lowest BCUT2D eigenvalue weighted by Crippen LogP contribution is -2.11. The second kappa shape index (κ2) is 7.98. The minimum absolute atomic E-state index is 0.144. The fourth-order valence-electron chi connectivity index (χ4n) is 3.14. The summed E-state index contributed by atoms with van der Waals surface area (Å²) in [6.45, 7) is 2.99. The number of rotatable bonds is 4. The van der Waals surface area contributed by atoms with E-state index in [1.807, 2.05) is 0 Å². The Balaban J connectivity index is 1.85. The summed E-state index contributed by atoms with van der Waals surface area (Å²) >= 11 is 0. The maximum absolute atomic E-state index is 14.1. The summed E-state index contributed by atoms with van der Waals surface area (Å²) in [6, 6.07) is 13.1. The Bertz CT molecular complexity index is 1380. The molecular weight excluding hydrogens is 404 g/mol. The molecule has 0 bridgehead atoms. The number of aromatic nitrogens is 2. The smallest absolute Gasteiger partial charge is 0.269 e. The maximum Gasteiger partial charge on any atom is 0.269 e. The summed E-state index contributed by atoms with van der Waals surface area (Å²) in [5.74, 6) is -1.66. The van der Waals surface area contributed by atoms with Gasteiger partial charge in [-0.05, 0) is 55.0 Å². The van der Waals surface area contributed by atoms with Crippen molar-refractivity contribution in [3.05, 3.63) is 82.3 Å². The number of carbonyl (C=O) groups excluding carboxylic acids is 1. The van der Waals surface area contributed by atoms with E-state index in [1.54, 1.807) is 43.3 Å². The molecule has 4 aromatic rings. The topological polar surface area (TPSA) is 84.1 Å². The fourth-order valence-corrected chi connectivity index (χ4v) is 3.14. The average Bonchev–Trinajstić information content (AvgIpc) is 2.71. The monoisotopic (exact) mass is 421 g/mol. The first-order valence-electron chi connectivity index (χ1n) is 9.36. The highest BCUT2D eigenvalue weighted by Gasteiger charge is 2.14. The van der Waals surface area contributed by atoms with Gasteiger partial charge in [-0.15, -0.1) is 0 Å². The lowest BCUT2D eigenvalue weighted by Gasteiger charge is -2.14. The zero-order valence-corrected chi connectivity index (χ0v) is 16.6. The fraction of sp³-hybridized carbons (Fsp3) is 0.0870. The van der Waals surface area contributed by atoms with E-state index >= 15 is 0 Å². The third kappa shape index (κ3) is 4.28. The van der Waals surface area contributed by atoms with Crippen LogP contribution in [0.3, 0.4) is 0 Å². The predicted molar refractivity (Wildman–Crippen MR) is 113 cm³/mol. The van der Waals surface area contributed by atoms with E-state index < -0.39 is 11.6 Å². The summed E-state index contributed by atoms with van der Waals surface area (Å²) in [5, 5.41) is 2.70. The molecule has 0 aliphatic heterocycles. The van der Waals surface area contributed by atoms with E-state index in [-0.39, 0.29) is 17.2 Å². The Morgan fingerprint density at radius 3 is 2.55 bits per heavy atom. The molecular formula is C23H17F2N3O3. The molecule has 0 spiro atoms. The summed E-state index contributed by atoms with van der Waals surface area (Å²) < 4.78 is 33.1. The number of aromatic amines is 1. The average molecular weight is 421 g/mol. The highest BCUT2D eigenvalue weighted by Crippen LogP contribution is 2.37. The zero-order valence-electron chi connectivity index (χ0n) is 16.6. The Morgan fingerprint density at radius 1 is 1.03 bits per heavy atom. The number of H-pyrrole nitrogens is 1. The molecule has 0 radical (unpaired) electrons. The summed E-state index contributed by atoms with van der Waals surface area (Å²) in [4.78, 5) is 30.4. The van der Waals surface area contributed by atoms with Crippen molar-refractivity contribution in [2.45, 2.75) is 13.8 Å². The Morgan fingerprint density at radius 2 is 1.81 bits per heavy atom. The summed E-state index contributed by atoms with van der Waals surface area (Å²) in [5.41, 5.74) is 2.88. The van der Waals surface area contributed by atoms with E-state index in [9.17, 15) is 18.4 Å². The number of nitrogens with zero attached hydrogens (tertiary/aromatic N) is 1. The normalized spacial score (nSPS) is 10.8. The van der Waals surface area contributed by atoms with Crippen LogP contribution >= 0.6 is 0 Å². The van der Waals surface area contributed by atoms with Crippen LogP contribution in [0.1, 0.15) is 12.6 Å². The number of amides is 1. The molecule has 0 saturated carbocycles. The second-order valence-electron chi connectivity index (χ2n) is 6.95. The minimum atomic E-state index is -0.842. The van der Waals surface area contributed by atoms with Gasteiger partial charge < -0.3 is 15.0 Å². The van der Waals surface area contributed by atoms with Crippen molar-refractivity contribution < 1.29 is 18.3 Å². The number of aryl methyl sites for hydroxylation is 1. The van der Waals surface area contributed by atoms with Crippen molar-refractivity contribution in [3.63, 3.8) is 0 Å². The first-order valence-corrected chi connectivity index (χ1v) is 9.36. The molecule has 8 heteroatoms. The second-order valence-corrected chi connectivity index (χ2v) is 6.95. The molecule has 4 rings (SSSR count). The molecule has 0 fully saturated rings. The van der Waals surface area contributed by atoms with E-state index in [0.29, 0.717) is 39.3 Å². The summed E-state index contributed by atoms with van der Waals surface area (Å²) in [6.07, 6.45) is 0. The van der Waals surface area contributed by atoms with E-state index in [1.165, 1.54) is 13.0 Å². The number of carbonyl (C=O) groups is 1. The highest BCUT2D eigenvalue weighted by molar-refractivity contribution is 5.91. The van der Waals surface area contributed by atoms with Crippen molar-refractivity contribution in [3.8, 4) is 22.6 Å². The minimum Gasteiger partial charge on any atom is -0.454 e. The number of fused-ring (bicyclic) bond motifs is 1. The van der Waals surface area contributed by atoms with Gasteiger partial charge in [-0.2, -0.15) is 0 Å². The maximum atomic E-state index is 14.1. The van der Waals surface area contributed by atoms with Crippen LogP contribution in [0.2, 0.25) is 0 Å². The van der Waals surface area contributed by atoms with Gasteiger partial charge in [-0.25, -0.2) is 13.8 Å². The lowest BCUT2D eigenvalue weighted by atomic mass is 10.0. The van der Waals surface area contributed by atoms with Gasteiger partial charge >= 0.3 is 0 Å². The van der Waals surface area contributed by atoms with Crippen LogP contribution < -0.4 is 15.6 Å². The molecule has 1 heterocycles. The van der Waals surface area contributed by atoms with E-state index in [2.05, 4.69) is 15.3 Å². The molecule has 3 aromatic carbocycles. The van der Waals surface area contributed by atoms with Crippen LogP contribution in [0.4, 0.5) is 14.5 Å². The third-order valence-electron chi connectivity index (χ3n) is 4.59. The van der Waals surface area contributed by atoms with E-state index in [0.717, 1.165) is 12.1 Å². The number of halogens is 2. The highest BCUT2D eigenvalue weighted by atomic mass is 19.1. The predicted octanol–water partition coefficient (Wildman–Crippen LogP) is 4.93. The van der Waals surface area contributed by atoms with Crippen molar-refractivity contribution in [2.24, 2.45) is 0 Å². The molecule has 0 aliphatic carbocycles. The van der Waals surface area contributed by atoms with Gasteiger partial charge in [0.2, 0.25) is 5.91 Å². The Labute approximate surface area is 175 Å². The molecule has 0 aliphatic rings. The van der Waals surface area contributed by atoms with Gasteiger partial charge in [0.25, 0.3) is 5.56 Å². The number of anilines is 1. The number of hydrogen-bond acceptors (Lipinski definition) is 4. The van der Waals surface area contributed by atoms with Crippen LogP contribution in [0.15, 0.2) is 59.4 Å². The van der Waals surface area contributed by atoms with Crippen molar-refractivity contribution in [1.82, 2.24) is 9.97 Å². The molecule has 6 nitrogen and oxygen atoms in total. The van der Waals surface area contributed by atoms with Crippen molar-refractivity contribution in [1.29, 1.82) is 0 Å². The lowest BCUT2D eigenvalue weighted by molar-refractivity contribution is -0.114. The summed E-state index contributed by atoms with van der Waals surface area (Å²) in [7, 11) is 0. The Hall–Kier alpha value is -4.07. The first-order chi connectivity index (χ1) is 14.8. The third-order valence-corrected chi connectivity index (χ3v) is 4.59. The number of hydrogen-bond donors (Lipinski definition) is 2. The van der Waals surface area contributed by atoms with Gasteiger partial charge in [0.15, 0.2) is 11.6 Å². The van der Waals surface area contributed by atoms with Crippen LogP contribution in [0, 0.1) is 18.6 Å².